The molecule has 0 saturated carbocycles. The number of rotatable bonds is 4. The van der Waals surface area contributed by atoms with Crippen molar-refractivity contribution < 1.29 is 9.90 Å². The van der Waals surface area contributed by atoms with E-state index in [0.29, 0.717) is 0 Å². The molecule has 1 fully saturated rings. The fourth-order valence-electron chi connectivity index (χ4n) is 2.03. The molecule has 1 saturated heterocycles. The van der Waals surface area contributed by atoms with Crippen molar-refractivity contribution in [2.75, 3.05) is 18.0 Å². The molecule has 0 aliphatic carbocycles. The summed E-state index contributed by atoms with van der Waals surface area (Å²) in [7, 11) is 0. The van der Waals surface area contributed by atoms with Crippen LogP contribution in [-0.2, 0) is 4.79 Å². The Labute approximate surface area is 101 Å². The molecule has 17 heavy (non-hydrogen) atoms. The molecule has 1 aromatic rings. The van der Waals surface area contributed by atoms with E-state index >= 15 is 0 Å². The number of carbonyl (C=O) groups is 1. The Kier molecular flexibility index (Phi) is 3.47. The second-order valence-electron chi connectivity index (χ2n) is 4.45. The number of carboxylic acids is 1. The van der Waals surface area contributed by atoms with Crippen LogP contribution < -0.4 is 4.90 Å². The average molecular weight is 231 g/mol. The van der Waals surface area contributed by atoms with E-state index in [2.05, 4.69) is 17.9 Å². The third kappa shape index (κ3) is 2.87. The summed E-state index contributed by atoms with van der Waals surface area (Å²) in [6.45, 7) is 4.44. The lowest BCUT2D eigenvalue weighted by Crippen LogP contribution is -2.46. The molecule has 3 heteroatoms. The molecule has 0 aromatic heterocycles. The maximum atomic E-state index is 10.4. The number of anilines is 1. The van der Waals surface area contributed by atoms with E-state index in [1.54, 1.807) is 6.08 Å². The molecule has 0 amide bonds. The molecule has 90 valence electrons. The highest BCUT2D eigenvalue weighted by Crippen LogP contribution is 2.27. The van der Waals surface area contributed by atoms with Gasteiger partial charge in [-0.2, -0.15) is 0 Å². The van der Waals surface area contributed by atoms with E-state index < -0.39 is 5.97 Å². The Balaban J connectivity index is 2.05. The van der Waals surface area contributed by atoms with Gasteiger partial charge in [-0.25, -0.2) is 4.79 Å². The van der Waals surface area contributed by atoms with Gasteiger partial charge in [0.25, 0.3) is 0 Å². The van der Waals surface area contributed by atoms with Crippen LogP contribution in [0.2, 0.25) is 0 Å². The van der Waals surface area contributed by atoms with E-state index in [4.69, 9.17) is 5.11 Å². The lowest BCUT2D eigenvalue weighted by molar-refractivity contribution is -0.131. The van der Waals surface area contributed by atoms with Crippen molar-refractivity contribution in [1.82, 2.24) is 0 Å². The highest BCUT2D eigenvalue weighted by Gasteiger charge is 2.24. The van der Waals surface area contributed by atoms with E-state index in [1.807, 2.05) is 18.2 Å². The summed E-state index contributed by atoms with van der Waals surface area (Å²) in [5.41, 5.74) is 2.12. The molecule has 1 N–H and O–H groups in total. The lowest BCUT2D eigenvalue weighted by atomic mass is 9.96. The third-order valence-electron chi connectivity index (χ3n) is 3.19. The zero-order valence-electron chi connectivity index (χ0n) is 9.97. The van der Waals surface area contributed by atoms with Crippen molar-refractivity contribution >= 4 is 17.7 Å². The van der Waals surface area contributed by atoms with Crippen LogP contribution in [0.25, 0.3) is 6.08 Å². The molecule has 3 nitrogen and oxygen atoms in total. The van der Waals surface area contributed by atoms with Crippen molar-refractivity contribution in [3.63, 3.8) is 0 Å². The molecule has 1 heterocycles. The molecular weight excluding hydrogens is 214 g/mol. The molecule has 1 aromatic carbocycles. The van der Waals surface area contributed by atoms with Crippen molar-refractivity contribution in [3.05, 3.63) is 35.9 Å². The summed E-state index contributed by atoms with van der Waals surface area (Å²) in [4.78, 5) is 12.8. The molecule has 0 atom stereocenters. The molecule has 0 unspecified atom stereocenters. The van der Waals surface area contributed by atoms with Crippen LogP contribution in [0.15, 0.2) is 30.3 Å². The minimum absolute atomic E-state index is 0.813. The van der Waals surface area contributed by atoms with E-state index in [1.165, 1.54) is 18.2 Å². The monoisotopic (exact) mass is 231 g/mol. The van der Waals surface area contributed by atoms with Gasteiger partial charge >= 0.3 is 5.97 Å². The number of aliphatic carboxylic acids is 1. The van der Waals surface area contributed by atoms with Gasteiger partial charge in [-0.1, -0.05) is 19.1 Å². The Hall–Kier alpha value is -1.77. The number of benzene rings is 1. The Morgan fingerprint density at radius 1 is 1.53 bits per heavy atom. The highest BCUT2D eigenvalue weighted by molar-refractivity contribution is 5.85. The molecular formula is C14H17NO2. The van der Waals surface area contributed by atoms with Crippen LogP contribution in [0.1, 0.15) is 18.9 Å². The second-order valence-corrected chi connectivity index (χ2v) is 4.45. The largest absolute Gasteiger partial charge is 0.478 e. The predicted molar refractivity (Wildman–Crippen MR) is 69.1 cm³/mol. The standard InChI is InChI=1S/C14H17NO2/c1-2-11-9-15(10-11)13-5-3-4-12(8-13)6-7-14(16)17/h3-8,11H,2,9-10H2,1H3,(H,16,17)/b7-6+. The minimum Gasteiger partial charge on any atom is -0.478 e. The SMILES string of the molecule is CCC1CN(c2cccc(/C=C/C(=O)O)c2)C1. The Morgan fingerprint density at radius 3 is 2.94 bits per heavy atom. The number of nitrogens with zero attached hydrogens (tertiary/aromatic N) is 1. The molecule has 1 aliphatic rings. The maximum absolute atomic E-state index is 10.4. The highest BCUT2D eigenvalue weighted by atomic mass is 16.4. The van der Waals surface area contributed by atoms with Crippen LogP contribution in [0.3, 0.4) is 0 Å². The molecule has 0 radical (unpaired) electrons. The predicted octanol–water partition coefficient (Wildman–Crippen LogP) is 2.63. The van der Waals surface area contributed by atoms with Gasteiger partial charge in [0.1, 0.15) is 0 Å². The van der Waals surface area contributed by atoms with E-state index in [9.17, 15) is 4.79 Å². The van der Waals surface area contributed by atoms with E-state index in [-0.39, 0.29) is 0 Å². The lowest BCUT2D eigenvalue weighted by Gasteiger charge is -2.40. The summed E-state index contributed by atoms with van der Waals surface area (Å²) in [6.07, 6.45) is 4.03. The molecule has 0 spiro atoms. The summed E-state index contributed by atoms with van der Waals surface area (Å²) in [6, 6.07) is 7.99. The van der Waals surface area contributed by atoms with Crippen molar-refractivity contribution in [2.24, 2.45) is 5.92 Å². The Morgan fingerprint density at radius 2 is 2.29 bits per heavy atom. The maximum Gasteiger partial charge on any atom is 0.328 e. The van der Waals surface area contributed by atoms with Gasteiger partial charge in [-0.15, -0.1) is 0 Å². The van der Waals surface area contributed by atoms with Crippen LogP contribution in [0.4, 0.5) is 5.69 Å². The smallest absolute Gasteiger partial charge is 0.328 e. The molecule has 0 bridgehead atoms. The number of hydrogen-bond acceptors (Lipinski definition) is 2. The van der Waals surface area contributed by atoms with Gasteiger partial charge in [-0.05, 0) is 36.1 Å². The topological polar surface area (TPSA) is 40.5 Å². The van der Waals surface area contributed by atoms with Crippen LogP contribution >= 0.6 is 0 Å². The zero-order valence-corrected chi connectivity index (χ0v) is 9.97. The summed E-state index contributed by atoms with van der Waals surface area (Å²) in [5.74, 6) is -0.0985. The fourth-order valence-corrected chi connectivity index (χ4v) is 2.03. The van der Waals surface area contributed by atoms with Crippen LogP contribution in [0.5, 0.6) is 0 Å². The number of carboxylic acid groups (broad SMARTS) is 1. The third-order valence-corrected chi connectivity index (χ3v) is 3.19. The number of hydrogen-bond donors (Lipinski definition) is 1. The van der Waals surface area contributed by atoms with Gasteiger partial charge < -0.3 is 10.0 Å². The molecule has 2 rings (SSSR count). The van der Waals surface area contributed by atoms with Crippen molar-refractivity contribution in [1.29, 1.82) is 0 Å². The summed E-state index contributed by atoms with van der Waals surface area (Å²) in [5, 5.41) is 8.58. The first kappa shape index (κ1) is 11.7. The first-order valence-corrected chi connectivity index (χ1v) is 5.95. The van der Waals surface area contributed by atoms with Gasteiger partial charge in [0.05, 0.1) is 0 Å². The summed E-state index contributed by atoms with van der Waals surface area (Å²) >= 11 is 0. The first-order valence-electron chi connectivity index (χ1n) is 5.95. The first-order chi connectivity index (χ1) is 8.19. The fraction of sp³-hybridized carbons (Fsp3) is 0.357. The quantitative estimate of drug-likeness (QED) is 0.810. The Bertz CT molecular complexity index is 434. The van der Waals surface area contributed by atoms with E-state index in [0.717, 1.165) is 24.6 Å². The van der Waals surface area contributed by atoms with Crippen LogP contribution in [0, 0.1) is 5.92 Å². The van der Waals surface area contributed by atoms with Crippen molar-refractivity contribution in [2.45, 2.75) is 13.3 Å². The summed E-state index contributed by atoms with van der Waals surface area (Å²) < 4.78 is 0. The minimum atomic E-state index is -0.912. The van der Waals surface area contributed by atoms with Crippen molar-refractivity contribution in [3.8, 4) is 0 Å². The molecule has 1 aliphatic heterocycles. The average Bonchev–Trinajstić information content (AvgIpc) is 2.26. The van der Waals surface area contributed by atoms with Gasteiger partial charge in [0.2, 0.25) is 0 Å². The van der Waals surface area contributed by atoms with Crippen LogP contribution in [-0.4, -0.2) is 24.2 Å². The zero-order chi connectivity index (χ0) is 12.3. The second kappa shape index (κ2) is 5.04. The van der Waals surface area contributed by atoms with Gasteiger partial charge in [-0.3, -0.25) is 0 Å². The van der Waals surface area contributed by atoms with Gasteiger partial charge in [0.15, 0.2) is 0 Å². The van der Waals surface area contributed by atoms with Gasteiger partial charge in [0, 0.05) is 24.9 Å². The normalized spacial score (nSPS) is 16.2.